The third-order valence-corrected chi connectivity index (χ3v) is 4.52. The summed E-state index contributed by atoms with van der Waals surface area (Å²) in [6.45, 7) is 5.97. The van der Waals surface area contributed by atoms with Crippen molar-refractivity contribution in [3.05, 3.63) is 58.1 Å². The minimum absolute atomic E-state index is 0.103. The van der Waals surface area contributed by atoms with Crippen LogP contribution in [0.4, 0.5) is 11.4 Å². The van der Waals surface area contributed by atoms with Crippen molar-refractivity contribution in [3.8, 4) is 0 Å². The molecule has 2 aromatic carbocycles. The standard InChI is InChI=1S/C20H24ClN3O2/c1-13-7-5-8-14(2)20(13)23-19(26)12-24(4)11-18(25)22-17-10-6-9-16(21)15(17)3/h5-10H,11-12H2,1-4H3,(H,22,25)(H,23,26). The molecule has 2 aromatic rings. The van der Waals surface area contributed by atoms with Crippen LogP contribution in [-0.4, -0.2) is 36.9 Å². The SMILES string of the molecule is Cc1cccc(C)c1NC(=O)CN(C)CC(=O)Nc1cccc(Cl)c1C. The van der Waals surface area contributed by atoms with Crippen LogP contribution in [0.2, 0.25) is 5.02 Å². The van der Waals surface area contributed by atoms with E-state index in [9.17, 15) is 9.59 Å². The normalized spacial score (nSPS) is 10.7. The van der Waals surface area contributed by atoms with Gasteiger partial charge in [0.25, 0.3) is 0 Å². The molecule has 0 atom stereocenters. The number of amides is 2. The predicted octanol–water partition coefficient (Wildman–Crippen LogP) is 3.77. The molecule has 0 unspecified atom stereocenters. The summed E-state index contributed by atoms with van der Waals surface area (Å²) in [6.07, 6.45) is 0. The summed E-state index contributed by atoms with van der Waals surface area (Å²) in [4.78, 5) is 26.1. The van der Waals surface area contributed by atoms with Gasteiger partial charge < -0.3 is 10.6 Å². The van der Waals surface area contributed by atoms with Crippen molar-refractivity contribution in [1.82, 2.24) is 4.90 Å². The lowest BCUT2D eigenvalue weighted by molar-refractivity contribution is -0.119. The number of hydrogen-bond acceptors (Lipinski definition) is 3. The van der Waals surface area contributed by atoms with Crippen LogP contribution in [0.15, 0.2) is 36.4 Å². The van der Waals surface area contributed by atoms with E-state index in [1.54, 1.807) is 30.1 Å². The summed E-state index contributed by atoms with van der Waals surface area (Å²) in [6, 6.07) is 11.2. The first-order valence-corrected chi connectivity index (χ1v) is 8.75. The third-order valence-electron chi connectivity index (χ3n) is 4.11. The molecule has 0 heterocycles. The zero-order chi connectivity index (χ0) is 19.3. The van der Waals surface area contributed by atoms with Crippen LogP contribution in [0.1, 0.15) is 16.7 Å². The Morgan fingerprint density at radius 1 is 0.923 bits per heavy atom. The second-order valence-electron chi connectivity index (χ2n) is 6.45. The van der Waals surface area contributed by atoms with Gasteiger partial charge in [-0.05, 0) is 56.6 Å². The topological polar surface area (TPSA) is 61.4 Å². The molecule has 2 N–H and O–H groups in total. The quantitative estimate of drug-likeness (QED) is 0.810. The Hall–Kier alpha value is -2.37. The molecule has 2 rings (SSSR count). The minimum atomic E-state index is -0.197. The second kappa shape index (κ2) is 8.83. The number of carbonyl (C=O) groups excluding carboxylic acids is 2. The van der Waals surface area contributed by atoms with Gasteiger partial charge in [-0.1, -0.05) is 35.9 Å². The van der Waals surface area contributed by atoms with Gasteiger partial charge in [0.1, 0.15) is 0 Å². The molecule has 0 aliphatic heterocycles. The number of rotatable bonds is 6. The van der Waals surface area contributed by atoms with Crippen molar-refractivity contribution >= 4 is 34.8 Å². The Balaban J connectivity index is 1.89. The molecule has 5 nitrogen and oxygen atoms in total. The van der Waals surface area contributed by atoms with E-state index in [0.717, 1.165) is 22.4 Å². The largest absolute Gasteiger partial charge is 0.325 e. The number of para-hydroxylation sites is 1. The lowest BCUT2D eigenvalue weighted by Crippen LogP contribution is -2.36. The summed E-state index contributed by atoms with van der Waals surface area (Å²) in [5, 5.41) is 6.35. The minimum Gasteiger partial charge on any atom is -0.325 e. The van der Waals surface area contributed by atoms with Crippen molar-refractivity contribution in [2.45, 2.75) is 20.8 Å². The molecule has 0 radical (unpaired) electrons. The molecular weight excluding hydrogens is 350 g/mol. The Labute approximate surface area is 159 Å². The fourth-order valence-corrected chi connectivity index (χ4v) is 2.84. The Morgan fingerprint density at radius 3 is 2.08 bits per heavy atom. The van der Waals surface area contributed by atoms with Gasteiger partial charge >= 0.3 is 0 Å². The smallest absolute Gasteiger partial charge is 0.238 e. The number of anilines is 2. The van der Waals surface area contributed by atoms with E-state index in [2.05, 4.69) is 10.6 Å². The number of halogens is 1. The monoisotopic (exact) mass is 373 g/mol. The highest BCUT2D eigenvalue weighted by atomic mass is 35.5. The lowest BCUT2D eigenvalue weighted by Gasteiger charge is -2.18. The van der Waals surface area contributed by atoms with Gasteiger partial charge in [0.05, 0.1) is 13.1 Å². The molecule has 0 spiro atoms. The highest BCUT2D eigenvalue weighted by Gasteiger charge is 2.13. The summed E-state index contributed by atoms with van der Waals surface area (Å²) < 4.78 is 0. The van der Waals surface area contributed by atoms with Crippen LogP contribution >= 0.6 is 11.6 Å². The molecular formula is C20H24ClN3O2. The second-order valence-corrected chi connectivity index (χ2v) is 6.86. The number of carbonyl (C=O) groups is 2. The molecule has 0 saturated carbocycles. The van der Waals surface area contributed by atoms with Gasteiger partial charge in [0.15, 0.2) is 0 Å². The first-order chi connectivity index (χ1) is 12.3. The zero-order valence-corrected chi connectivity index (χ0v) is 16.3. The summed E-state index contributed by atoms with van der Waals surface area (Å²) in [7, 11) is 1.73. The van der Waals surface area contributed by atoms with E-state index < -0.39 is 0 Å². The fourth-order valence-electron chi connectivity index (χ4n) is 2.67. The number of nitrogens with zero attached hydrogens (tertiary/aromatic N) is 1. The first-order valence-electron chi connectivity index (χ1n) is 8.37. The Bertz CT molecular complexity index is 800. The van der Waals surface area contributed by atoms with E-state index in [-0.39, 0.29) is 24.9 Å². The van der Waals surface area contributed by atoms with Crippen LogP contribution < -0.4 is 10.6 Å². The van der Waals surface area contributed by atoms with E-state index >= 15 is 0 Å². The van der Waals surface area contributed by atoms with E-state index in [0.29, 0.717) is 10.7 Å². The van der Waals surface area contributed by atoms with Gasteiger partial charge in [-0.2, -0.15) is 0 Å². The summed E-state index contributed by atoms with van der Waals surface area (Å²) >= 11 is 6.06. The van der Waals surface area contributed by atoms with Crippen molar-refractivity contribution in [2.24, 2.45) is 0 Å². The van der Waals surface area contributed by atoms with Gasteiger partial charge in [-0.15, -0.1) is 0 Å². The number of likely N-dealkylation sites (N-methyl/N-ethyl adjacent to an activating group) is 1. The predicted molar refractivity (Wildman–Crippen MR) is 107 cm³/mol. The van der Waals surface area contributed by atoms with Gasteiger partial charge in [0.2, 0.25) is 11.8 Å². The maximum absolute atomic E-state index is 12.3. The summed E-state index contributed by atoms with van der Waals surface area (Å²) in [5.74, 6) is -0.352. The van der Waals surface area contributed by atoms with Gasteiger partial charge in [-0.3, -0.25) is 14.5 Å². The fraction of sp³-hybridized carbons (Fsp3) is 0.300. The van der Waals surface area contributed by atoms with E-state index in [4.69, 9.17) is 11.6 Å². The average Bonchev–Trinajstić information content (AvgIpc) is 2.55. The molecule has 0 aromatic heterocycles. The Kier molecular flexibility index (Phi) is 6.77. The number of benzene rings is 2. The Morgan fingerprint density at radius 2 is 1.46 bits per heavy atom. The molecule has 0 aliphatic carbocycles. The first kappa shape index (κ1) is 19.9. The maximum Gasteiger partial charge on any atom is 0.238 e. The molecule has 0 saturated heterocycles. The average molecular weight is 374 g/mol. The molecule has 0 bridgehead atoms. The highest BCUT2D eigenvalue weighted by Crippen LogP contribution is 2.23. The highest BCUT2D eigenvalue weighted by molar-refractivity contribution is 6.31. The number of aryl methyl sites for hydroxylation is 2. The van der Waals surface area contributed by atoms with E-state index in [1.807, 2.05) is 39.0 Å². The molecule has 0 aliphatic rings. The summed E-state index contributed by atoms with van der Waals surface area (Å²) in [5.41, 5.74) is 4.34. The molecule has 6 heteroatoms. The number of hydrogen-bond donors (Lipinski definition) is 2. The van der Waals surface area contributed by atoms with E-state index in [1.165, 1.54) is 0 Å². The van der Waals surface area contributed by atoms with Crippen molar-refractivity contribution in [3.63, 3.8) is 0 Å². The van der Waals surface area contributed by atoms with Crippen molar-refractivity contribution < 1.29 is 9.59 Å². The van der Waals surface area contributed by atoms with Crippen molar-refractivity contribution in [2.75, 3.05) is 30.8 Å². The third kappa shape index (κ3) is 5.31. The van der Waals surface area contributed by atoms with Gasteiger partial charge in [0, 0.05) is 16.4 Å². The van der Waals surface area contributed by atoms with Crippen molar-refractivity contribution in [1.29, 1.82) is 0 Å². The number of nitrogens with one attached hydrogen (secondary N) is 2. The molecule has 2 amide bonds. The van der Waals surface area contributed by atoms with Crippen LogP contribution in [0, 0.1) is 20.8 Å². The molecule has 0 fully saturated rings. The van der Waals surface area contributed by atoms with Crippen LogP contribution in [0.5, 0.6) is 0 Å². The van der Waals surface area contributed by atoms with Gasteiger partial charge in [-0.25, -0.2) is 0 Å². The molecule has 26 heavy (non-hydrogen) atoms. The maximum atomic E-state index is 12.3. The molecule has 138 valence electrons. The zero-order valence-electron chi connectivity index (χ0n) is 15.5. The van der Waals surface area contributed by atoms with Crippen LogP contribution in [0.25, 0.3) is 0 Å². The lowest BCUT2D eigenvalue weighted by atomic mass is 10.1. The van der Waals surface area contributed by atoms with Crippen LogP contribution in [0.3, 0.4) is 0 Å². The van der Waals surface area contributed by atoms with Crippen LogP contribution in [-0.2, 0) is 9.59 Å².